The Morgan fingerprint density at radius 2 is 2.07 bits per heavy atom. The molecule has 1 unspecified atom stereocenters. The van der Waals surface area contributed by atoms with Gasteiger partial charge in [0.05, 0.1) is 11.3 Å². The van der Waals surface area contributed by atoms with Crippen LogP contribution < -0.4 is 0 Å². The predicted octanol–water partition coefficient (Wildman–Crippen LogP) is 5.93. The molecular formula is C22H22BrN3O2. The van der Waals surface area contributed by atoms with Crippen molar-refractivity contribution in [2.75, 3.05) is 6.61 Å². The lowest BCUT2D eigenvalue weighted by atomic mass is 10.0. The molecule has 0 radical (unpaired) electrons. The van der Waals surface area contributed by atoms with Crippen LogP contribution in [0, 0.1) is 5.92 Å². The van der Waals surface area contributed by atoms with Gasteiger partial charge in [0, 0.05) is 20.9 Å². The second kappa shape index (κ2) is 7.80. The maximum atomic E-state index is 10.6. The standard InChI is InChI=1S/C22H22BrN3O2/c1-3-13(2)10-11-28-26-20-15-6-4-5-7-17(15)24-21(20)19-16-12-14(23)8-9-18(16)25-22(19)27/h4-9,12-13,25,27H,3,10-11H2,1-2H3/b26-20+. The fourth-order valence-corrected chi connectivity index (χ4v) is 3.66. The highest BCUT2D eigenvalue weighted by Gasteiger charge is 2.29. The van der Waals surface area contributed by atoms with Crippen LogP contribution in [0.3, 0.4) is 0 Å². The summed E-state index contributed by atoms with van der Waals surface area (Å²) in [6, 6.07) is 13.6. The van der Waals surface area contributed by atoms with Crippen molar-refractivity contribution in [3.8, 4) is 5.88 Å². The zero-order chi connectivity index (χ0) is 19.7. The van der Waals surface area contributed by atoms with E-state index in [2.05, 4.69) is 39.9 Å². The Morgan fingerprint density at radius 3 is 2.89 bits per heavy atom. The number of nitrogens with one attached hydrogen (secondary N) is 1. The largest absolute Gasteiger partial charge is 0.494 e. The zero-order valence-electron chi connectivity index (χ0n) is 15.9. The van der Waals surface area contributed by atoms with Crippen LogP contribution in [-0.4, -0.2) is 28.1 Å². The molecule has 1 aromatic heterocycles. The van der Waals surface area contributed by atoms with Crippen molar-refractivity contribution in [1.82, 2.24) is 4.98 Å². The third kappa shape index (κ3) is 3.44. The number of aromatic amines is 1. The molecule has 5 nitrogen and oxygen atoms in total. The molecule has 4 rings (SSSR count). The summed E-state index contributed by atoms with van der Waals surface area (Å²) in [6.07, 6.45) is 2.07. The lowest BCUT2D eigenvalue weighted by Crippen LogP contribution is -2.14. The van der Waals surface area contributed by atoms with E-state index in [4.69, 9.17) is 9.83 Å². The van der Waals surface area contributed by atoms with Crippen molar-refractivity contribution in [1.29, 1.82) is 0 Å². The molecule has 2 heterocycles. The molecule has 0 spiro atoms. The fourth-order valence-electron chi connectivity index (χ4n) is 3.30. The average Bonchev–Trinajstić information content (AvgIpc) is 3.21. The Morgan fingerprint density at radius 1 is 1.25 bits per heavy atom. The van der Waals surface area contributed by atoms with Crippen LogP contribution in [-0.2, 0) is 4.84 Å². The summed E-state index contributed by atoms with van der Waals surface area (Å²) in [5.41, 5.74) is 4.47. The van der Waals surface area contributed by atoms with Gasteiger partial charge in [-0.1, -0.05) is 59.6 Å². The van der Waals surface area contributed by atoms with Crippen LogP contribution in [0.15, 0.2) is 57.1 Å². The summed E-state index contributed by atoms with van der Waals surface area (Å²) in [7, 11) is 0. The van der Waals surface area contributed by atoms with E-state index < -0.39 is 0 Å². The molecule has 1 atom stereocenters. The smallest absolute Gasteiger partial charge is 0.199 e. The predicted molar refractivity (Wildman–Crippen MR) is 117 cm³/mol. The first-order chi connectivity index (χ1) is 13.6. The fraction of sp³-hybridized carbons (Fsp3) is 0.273. The molecule has 2 N–H and O–H groups in total. The van der Waals surface area contributed by atoms with Gasteiger partial charge in [0.2, 0.25) is 0 Å². The first kappa shape index (κ1) is 18.7. The van der Waals surface area contributed by atoms with Gasteiger partial charge in [-0.15, -0.1) is 0 Å². The summed E-state index contributed by atoms with van der Waals surface area (Å²) in [5, 5.41) is 15.9. The van der Waals surface area contributed by atoms with Gasteiger partial charge in [-0.25, -0.2) is 4.99 Å². The van der Waals surface area contributed by atoms with Crippen molar-refractivity contribution >= 4 is 43.9 Å². The number of oxime groups is 1. The van der Waals surface area contributed by atoms with Gasteiger partial charge < -0.3 is 14.9 Å². The lowest BCUT2D eigenvalue weighted by molar-refractivity contribution is 0.131. The van der Waals surface area contributed by atoms with E-state index >= 15 is 0 Å². The van der Waals surface area contributed by atoms with Crippen molar-refractivity contribution in [2.45, 2.75) is 26.7 Å². The number of hydrogen-bond donors (Lipinski definition) is 2. The molecule has 1 aliphatic rings. The topological polar surface area (TPSA) is 70.0 Å². The number of aromatic hydroxyl groups is 1. The van der Waals surface area contributed by atoms with Crippen LogP contribution in [0.4, 0.5) is 5.69 Å². The normalized spacial score (nSPS) is 15.7. The summed E-state index contributed by atoms with van der Waals surface area (Å²) in [6.45, 7) is 4.93. The first-order valence-electron chi connectivity index (χ1n) is 9.47. The maximum absolute atomic E-state index is 10.6. The van der Waals surface area contributed by atoms with Crippen molar-refractivity contribution in [3.63, 3.8) is 0 Å². The number of hydrogen-bond acceptors (Lipinski definition) is 4. The number of H-pyrrole nitrogens is 1. The molecule has 6 heteroatoms. The molecule has 28 heavy (non-hydrogen) atoms. The summed E-state index contributed by atoms with van der Waals surface area (Å²) in [5.74, 6) is 0.672. The third-order valence-electron chi connectivity index (χ3n) is 5.15. The molecule has 144 valence electrons. The van der Waals surface area contributed by atoms with Gasteiger partial charge >= 0.3 is 0 Å². The number of halogens is 1. The van der Waals surface area contributed by atoms with E-state index in [0.29, 0.717) is 29.5 Å². The molecular weight excluding hydrogens is 418 g/mol. The number of para-hydroxylation sites is 1. The Bertz CT molecular complexity index is 1080. The van der Waals surface area contributed by atoms with Crippen molar-refractivity contribution in [2.24, 2.45) is 16.1 Å². The highest BCUT2D eigenvalue weighted by atomic mass is 79.9. The van der Waals surface area contributed by atoms with Crippen LogP contribution >= 0.6 is 15.9 Å². The van der Waals surface area contributed by atoms with Crippen LogP contribution in [0.25, 0.3) is 10.9 Å². The number of benzene rings is 2. The Labute approximate surface area is 172 Å². The highest BCUT2D eigenvalue weighted by Crippen LogP contribution is 2.36. The first-order valence-corrected chi connectivity index (χ1v) is 10.3. The van der Waals surface area contributed by atoms with Crippen molar-refractivity contribution in [3.05, 3.63) is 58.1 Å². The molecule has 1 aliphatic heterocycles. The van der Waals surface area contributed by atoms with E-state index in [9.17, 15) is 5.11 Å². The van der Waals surface area contributed by atoms with E-state index in [1.165, 1.54) is 0 Å². The molecule has 0 saturated carbocycles. The van der Waals surface area contributed by atoms with Crippen LogP contribution in [0.2, 0.25) is 0 Å². The van der Waals surface area contributed by atoms with Crippen molar-refractivity contribution < 1.29 is 9.94 Å². The van der Waals surface area contributed by atoms with Gasteiger partial charge in [-0.2, -0.15) is 0 Å². The number of aromatic nitrogens is 1. The Balaban J connectivity index is 1.75. The van der Waals surface area contributed by atoms with E-state index in [1.807, 2.05) is 42.5 Å². The Kier molecular flexibility index (Phi) is 5.22. The molecule has 0 saturated heterocycles. The van der Waals surface area contributed by atoms with Gasteiger partial charge in [0.25, 0.3) is 0 Å². The third-order valence-corrected chi connectivity index (χ3v) is 5.64. The van der Waals surface area contributed by atoms with E-state index in [1.54, 1.807) is 0 Å². The molecule has 0 aliphatic carbocycles. The summed E-state index contributed by atoms with van der Waals surface area (Å²) < 4.78 is 0.930. The minimum Gasteiger partial charge on any atom is -0.494 e. The van der Waals surface area contributed by atoms with Crippen LogP contribution in [0.1, 0.15) is 37.8 Å². The monoisotopic (exact) mass is 439 g/mol. The van der Waals surface area contributed by atoms with E-state index in [0.717, 1.165) is 39.5 Å². The number of fused-ring (bicyclic) bond motifs is 2. The second-order valence-electron chi connectivity index (χ2n) is 7.09. The molecule has 0 fully saturated rings. The lowest BCUT2D eigenvalue weighted by Gasteiger charge is -2.08. The van der Waals surface area contributed by atoms with Gasteiger partial charge in [0.1, 0.15) is 18.0 Å². The minimum absolute atomic E-state index is 0.0759. The molecule has 2 aromatic carbocycles. The number of nitrogens with zero attached hydrogens (tertiary/aromatic N) is 2. The SMILES string of the molecule is CCC(C)CCO/N=C1/C(c2c(O)[nH]c3ccc(Br)cc23)=Nc2ccccc21. The zero-order valence-corrected chi connectivity index (χ0v) is 17.5. The van der Waals surface area contributed by atoms with Gasteiger partial charge in [-0.05, 0) is 36.6 Å². The molecule has 0 bridgehead atoms. The van der Waals surface area contributed by atoms with Gasteiger partial charge in [-0.3, -0.25) is 0 Å². The summed E-state index contributed by atoms with van der Waals surface area (Å²) in [4.78, 5) is 13.4. The van der Waals surface area contributed by atoms with Crippen LogP contribution in [0.5, 0.6) is 5.88 Å². The number of aliphatic imine (C=N–C) groups is 1. The number of rotatable bonds is 6. The maximum Gasteiger partial charge on any atom is 0.199 e. The van der Waals surface area contributed by atoms with E-state index in [-0.39, 0.29) is 5.88 Å². The summed E-state index contributed by atoms with van der Waals surface area (Å²) >= 11 is 3.51. The van der Waals surface area contributed by atoms with Gasteiger partial charge in [0.15, 0.2) is 5.88 Å². The highest BCUT2D eigenvalue weighted by molar-refractivity contribution is 9.10. The molecule has 0 amide bonds. The average molecular weight is 440 g/mol. The second-order valence-corrected chi connectivity index (χ2v) is 8.01. The Hall–Kier alpha value is -2.60. The molecule has 3 aromatic rings. The minimum atomic E-state index is 0.0759. The quantitative estimate of drug-likeness (QED) is 0.369.